The lowest BCUT2D eigenvalue weighted by atomic mass is 10.2. The first kappa shape index (κ1) is 21.1. The Morgan fingerprint density at radius 1 is 1.12 bits per heavy atom. The van der Waals surface area contributed by atoms with Gasteiger partial charge in [0, 0.05) is 26.3 Å². The third kappa shape index (κ3) is 4.30. The number of fused-ring (bicyclic) bond motifs is 2. The highest BCUT2D eigenvalue weighted by atomic mass is 19.4. The number of hydrogen-bond acceptors (Lipinski definition) is 8. The molecule has 0 aromatic carbocycles. The molecular weight excluding hydrogens is 441 g/mol. The number of alkyl halides is 3. The molecule has 1 aliphatic carbocycles. The molecule has 1 saturated carbocycles. The van der Waals surface area contributed by atoms with Gasteiger partial charge in [0.25, 0.3) is 5.56 Å². The first-order chi connectivity index (χ1) is 15.8. The van der Waals surface area contributed by atoms with E-state index >= 15 is 0 Å². The van der Waals surface area contributed by atoms with E-state index in [1.807, 2.05) is 4.90 Å². The number of imidazole rings is 1. The van der Waals surface area contributed by atoms with Gasteiger partial charge < -0.3 is 14.0 Å². The van der Waals surface area contributed by atoms with Crippen molar-refractivity contribution in [2.45, 2.75) is 19.1 Å². The van der Waals surface area contributed by atoms with Gasteiger partial charge in [-0.2, -0.15) is 18.2 Å². The molecule has 0 bridgehead atoms. The van der Waals surface area contributed by atoms with Gasteiger partial charge in [-0.1, -0.05) is 5.16 Å². The second kappa shape index (κ2) is 7.98. The molecule has 2 atom stereocenters. The van der Waals surface area contributed by atoms with E-state index in [9.17, 15) is 18.0 Å². The van der Waals surface area contributed by atoms with Gasteiger partial charge in [-0.15, -0.1) is 0 Å². The summed E-state index contributed by atoms with van der Waals surface area (Å²) in [6.07, 6.45) is 3.59. The first-order valence-corrected chi connectivity index (χ1v) is 10.2. The highest BCUT2D eigenvalue weighted by Crippen LogP contribution is 2.46. The lowest BCUT2D eigenvalue weighted by Gasteiger charge is -2.20. The summed E-state index contributed by atoms with van der Waals surface area (Å²) in [5, 5.41) is 3.48. The molecule has 1 saturated heterocycles. The normalized spacial score (nSPS) is 19.3. The molecule has 0 N–H and O–H groups in total. The Morgan fingerprint density at radius 2 is 1.88 bits per heavy atom. The van der Waals surface area contributed by atoms with Crippen molar-refractivity contribution in [2.75, 3.05) is 18.0 Å². The van der Waals surface area contributed by atoms with Crippen LogP contribution in [-0.2, 0) is 19.8 Å². The maximum Gasteiger partial charge on any atom is 0.417 e. The van der Waals surface area contributed by atoms with Gasteiger partial charge in [-0.3, -0.25) is 14.3 Å². The highest BCUT2D eigenvalue weighted by molar-refractivity contribution is 5.68. The third-order valence-electron chi connectivity index (χ3n) is 5.81. The summed E-state index contributed by atoms with van der Waals surface area (Å²) in [5.74, 6) is 1.76. The van der Waals surface area contributed by atoms with Gasteiger partial charge in [0.05, 0.1) is 23.8 Å². The number of piperidine rings is 1. The molecule has 0 unspecified atom stereocenters. The minimum atomic E-state index is -4.30. The van der Waals surface area contributed by atoms with Crippen LogP contribution in [0.15, 0.2) is 46.8 Å². The zero-order valence-electron chi connectivity index (χ0n) is 17.5. The summed E-state index contributed by atoms with van der Waals surface area (Å²) in [7, 11) is 1.75. The van der Waals surface area contributed by atoms with Crippen molar-refractivity contribution in [3.05, 3.63) is 59.2 Å². The van der Waals surface area contributed by atoms with Gasteiger partial charge in [0.15, 0.2) is 17.5 Å². The van der Waals surface area contributed by atoms with E-state index < -0.39 is 11.7 Å². The molecule has 5 heterocycles. The zero-order chi connectivity index (χ0) is 23.2. The van der Waals surface area contributed by atoms with Gasteiger partial charge in [0.2, 0.25) is 5.89 Å². The molecule has 13 heteroatoms. The molecule has 0 amide bonds. The van der Waals surface area contributed by atoms with Crippen LogP contribution in [0.2, 0.25) is 0 Å². The van der Waals surface area contributed by atoms with Gasteiger partial charge in [-0.05, 0) is 24.3 Å². The Morgan fingerprint density at radius 3 is 2.58 bits per heavy atom. The molecule has 1 aliphatic heterocycles. The number of hydrogen-bond donors (Lipinski definition) is 0. The molecule has 2 aliphatic rings. The van der Waals surface area contributed by atoms with Crippen LogP contribution in [-0.4, -0.2) is 47.3 Å². The average Bonchev–Trinajstić information content (AvgIpc) is 3.18. The van der Waals surface area contributed by atoms with Crippen LogP contribution in [0.5, 0.6) is 0 Å². The predicted octanol–water partition coefficient (Wildman–Crippen LogP) is 2.12. The molecule has 4 aromatic rings. The lowest BCUT2D eigenvalue weighted by molar-refractivity contribution is -0.137. The maximum absolute atomic E-state index is 12.5. The van der Waals surface area contributed by atoms with Crippen LogP contribution < -0.4 is 10.5 Å². The summed E-state index contributed by atoms with van der Waals surface area (Å²) in [6.45, 7) is 1.97. The van der Waals surface area contributed by atoms with Crippen LogP contribution in [0.1, 0.15) is 17.9 Å². The topological polar surface area (TPSA) is 108 Å². The van der Waals surface area contributed by atoms with E-state index in [1.54, 1.807) is 17.9 Å². The summed E-state index contributed by atoms with van der Waals surface area (Å²) in [6, 6.07) is 1.19. The second-order valence-corrected chi connectivity index (χ2v) is 8.13. The van der Waals surface area contributed by atoms with Crippen molar-refractivity contribution in [3.63, 3.8) is 0 Å². The number of rotatable bonds is 3. The summed E-state index contributed by atoms with van der Waals surface area (Å²) in [4.78, 5) is 29.7. The quantitative estimate of drug-likeness (QED) is 0.458. The molecule has 6 rings (SSSR count). The maximum atomic E-state index is 12.5. The molecule has 172 valence electrons. The SMILES string of the molecule is Cn1cnc2ncn(Cc3ncno3)c(=O)c21.FC(F)(F)c1cncc(N2C[C@H]3C[C@H]3C2)c1. The third-order valence-corrected chi connectivity index (χ3v) is 5.81. The Bertz CT molecular complexity index is 1320. The van der Waals surface area contributed by atoms with Gasteiger partial charge >= 0.3 is 6.18 Å². The number of halogens is 3. The van der Waals surface area contributed by atoms with Gasteiger partial charge in [-0.25, -0.2) is 9.97 Å². The van der Waals surface area contributed by atoms with E-state index in [0.717, 1.165) is 19.3 Å². The van der Waals surface area contributed by atoms with E-state index in [1.165, 1.54) is 35.9 Å². The summed E-state index contributed by atoms with van der Waals surface area (Å²) < 4.78 is 45.3. The Kier molecular flexibility index (Phi) is 5.10. The molecule has 10 nitrogen and oxygen atoms in total. The number of aryl methyl sites for hydroxylation is 1. The van der Waals surface area contributed by atoms with Gasteiger partial charge in [0.1, 0.15) is 12.9 Å². The van der Waals surface area contributed by atoms with Crippen molar-refractivity contribution in [1.82, 2.24) is 34.2 Å². The van der Waals surface area contributed by atoms with E-state index in [2.05, 4.69) is 25.1 Å². The smallest absolute Gasteiger partial charge is 0.370 e. The van der Waals surface area contributed by atoms with Crippen molar-refractivity contribution in [3.8, 4) is 0 Å². The second-order valence-electron chi connectivity index (χ2n) is 8.13. The minimum Gasteiger partial charge on any atom is -0.370 e. The Balaban J connectivity index is 0.000000139. The molecule has 0 radical (unpaired) electrons. The lowest BCUT2D eigenvalue weighted by Crippen LogP contribution is -2.22. The van der Waals surface area contributed by atoms with E-state index in [4.69, 9.17) is 4.52 Å². The number of aromatic nitrogens is 7. The predicted molar refractivity (Wildman–Crippen MR) is 109 cm³/mol. The van der Waals surface area contributed by atoms with Crippen molar-refractivity contribution < 1.29 is 17.7 Å². The van der Waals surface area contributed by atoms with E-state index in [-0.39, 0.29) is 12.1 Å². The largest absolute Gasteiger partial charge is 0.417 e. The number of nitrogens with zero attached hydrogens (tertiary/aromatic N) is 8. The van der Waals surface area contributed by atoms with Crippen LogP contribution in [0.3, 0.4) is 0 Å². The first-order valence-electron chi connectivity index (χ1n) is 10.2. The molecule has 2 fully saturated rings. The summed E-state index contributed by atoms with van der Waals surface area (Å²) in [5.41, 5.74) is 0.632. The fourth-order valence-electron chi connectivity index (χ4n) is 3.96. The zero-order valence-corrected chi connectivity index (χ0v) is 17.5. The van der Waals surface area contributed by atoms with Crippen molar-refractivity contribution >= 4 is 16.9 Å². The standard InChI is InChI=1S/C11H11F3N2.C9H8N6O2/c12-11(13,14)9-2-10(4-15-3-9)16-5-7-1-8(7)6-16;1-14-4-11-8-7(14)9(16)15(5-12-8)2-6-10-3-13-17-6/h2-4,7-8H,1,5-6H2;3-5H,2H2,1H3/t7-,8+;. The monoisotopic (exact) mass is 460 g/mol. The van der Waals surface area contributed by atoms with E-state index in [0.29, 0.717) is 34.6 Å². The van der Waals surface area contributed by atoms with Crippen LogP contribution in [0, 0.1) is 11.8 Å². The summed E-state index contributed by atoms with van der Waals surface area (Å²) >= 11 is 0. The highest BCUT2D eigenvalue weighted by Gasteiger charge is 2.45. The Hall–Kier alpha value is -3.77. The molecule has 0 spiro atoms. The number of anilines is 1. The molecule has 33 heavy (non-hydrogen) atoms. The van der Waals surface area contributed by atoms with Crippen LogP contribution in [0.4, 0.5) is 18.9 Å². The fraction of sp³-hybridized carbons (Fsp3) is 0.400. The minimum absolute atomic E-state index is 0.187. The van der Waals surface area contributed by atoms with Crippen molar-refractivity contribution in [1.29, 1.82) is 0 Å². The Labute approximate surface area is 184 Å². The molecular formula is C20H19F3N8O2. The van der Waals surface area contributed by atoms with Crippen LogP contribution in [0.25, 0.3) is 11.2 Å². The average molecular weight is 460 g/mol. The molecule has 4 aromatic heterocycles. The van der Waals surface area contributed by atoms with Crippen LogP contribution >= 0.6 is 0 Å². The number of pyridine rings is 1. The van der Waals surface area contributed by atoms with Crippen molar-refractivity contribution in [2.24, 2.45) is 18.9 Å². The fourth-order valence-corrected chi connectivity index (χ4v) is 3.96.